The second kappa shape index (κ2) is 5.09. The molecule has 1 aromatic carbocycles. The molecule has 2 aliphatic rings. The smallest absolute Gasteiger partial charge is 0.255 e. The van der Waals surface area contributed by atoms with E-state index >= 15 is 0 Å². The first-order valence-electron chi connectivity index (χ1n) is 7.38. The van der Waals surface area contributed by atoms with Crippen LogP contribution in [0.2, 0.25) is 0 Å². The molecule has 4 heteroatoms. The fourth-order valence-corrected chi connectivity index (χ4v) is 2.87. The Bertz CT molecular complexity index is 505. The van der Waals surface area contributed by atoms with Crippen LogP contribution < -0.4 is 5.73 Å². The molecule has 4 nitrogen and oxygen atoms in total. The number of hydrogen-bond donors (Lipinski definition) is 1. The number of nitrogens with zero attached hydrogens (tertiary/aromatic N) is 1. The highest BCUT2D eigenvalue weighted by Crippen LogP contribution is 2.35. The fourth-order valence-electron chi connectivity index (χ4n) is 2.87. The molecule has 1 saturated heterocycles. The molecule has 1 amide bonds. The Morgan fingerprint density at radius 1 is 1.45 bits per heavy atom. The molecule has 2 N–H and O–H groups in total. The zero-order chi connectivity index (χ0) is 14.2. The van der Waals surface area contributed by atoms with Gasteiger partial charge in [0, 0.05) is 24.9 Å². The number of amides is 1. The monoisotopic (exact) mass is 274 g/mol. The Morgan fingerprint density at radius 2 is 2.20 bits per heavy atom. The summed E-state index contributed by atoms with van der Waals surface area (Å²) in [4.78, 5) is 14.8. The van der Waals surface area contributed by atoms with Crippen LogP contribution in [0.5, 0.6) is 0 Å². The first kappa shape index (κ1) is 13.4. The molecule has 1 atom stereocenters. The number of nitrogens with two attached hydrogens (primary N) is 1. The number of nitrogen functional groups attached to an aromatic ring is 1. The number of ether oxygens (including phenoxy) is 1. The third-order valence-electron chi connectivity index (χ3n) is 4.32. The van der Waals surface area contributed by atoms with Crippen molar-refractivity contribution >= 4 is 11.6 Å². The van der Waals surface area contributed by atoms with E-state index in [4.69, 9.17) is 10.5 Å². The molecule has 2 fully saturated rings. The van der Waals surface area contributed by atoms with Crippen LogP contribution in [0.1, 0.15) is 38.2 Å². The maximum atomic E-state index is 12.8. The summed E-state index contributed by atoms with van der Waals surface area (Å²) in [6.07, 6.45) is 3.97. The Hall–Kier alpha value is -1.55. The molecule has 1 saturated carbocycles. The minimum Gasteiger partial charge on any atom is -0.398 e. The maximum absolute atomic E-state index is 12.8. The van der Waals surface area contributed by atoms with Crippen molar-refractivity contribution in [3.8, 4) is 0 Å². The van der Waals surface area contributed by atoms with E-state index in [1.54, 1.807) is 0 Å². The zero-order valence-corrected chi connectivity index (χ0v) is 12.0. The molecule has 0 radical (unpaired) electrons. The molecule has 3 rings (SSSR count). The van der Waals surface area contributed by atoms with Crippen LogP contribution in [-0.2, 0) is 16.1 Å². The van der Waals surface area contributed by atoms with E-state index in [0.717, 1.165) is 36.9 Å². The lowest BCUT2D eigenvalue weighted by molar-refractivity contribution is -0.152. The lowest BCUT2D eigenvalue weighted by Crippen LogP contribution is -2.47. The molecule has 108 valence electrons. The maximum Gasteiger partial charge on any atom is 0.255 e. The van der Waals surface area contributed by atoms with Crippen molar-refractivity contribution < 1.29 is 9.53 Å². The van der Waals surface area contributed by atoms with Crippen LogP contribution in [-0.4, -0.2) is 29.1 Å². The van der Waals surface area contributed by atoms with Gasteiger partial charge in [-0.3, -0.25) is 4.79 Å². The standard InChI is InChI=1S/C16H22N2O2/c1-16(9-4-10-20-16)15(19)18(13-7-8-13)11-12-5-2-3-6-14(12)17/h2-3,5-6,13H,4,7-11,17H2,1H3. The van der Waals surface area contributed by atoms with Crippen molar-refractivity contribution in [1.82, 2.24) is 4.90 Å². The molecule has 20 heavy (non-hydrogen) atoms. The van der Waals surface area contributed by atoms with E-state index in [1.807, 2.05) is 36.1 Å². The predicted molar refractivity (Wildman–Crippen MR) is 78.0 cm³/mol. The number of benzene rings is 1. The van der Waals surface area contributed by atoms with E-state index in [9.17, 15) is 4.79 Å². The summed E-state index contributed by atoms with van der Waals surface area (Å²) in [6.45, 7) is 3.20. The van der Waals surface area contributed by atoms with Gasteiger partial charge in [0.1, 0.15) is 5.60 Å². The van der Waals surface area contributed by atoms with Gasteiger partial charge in [0.15, 0.2) is 0 Å². The van der Waals surface area contributed by atoms with Crippen LogP contribution in [0.25, 0.3) is 0 Å². The largest absolute Gasteiger partial charge is 0.398 e. The molecule has 0 aromatic heterocycles. The average Bonchev–Trinajstić information content (AvgIpc) is 3.19. The summed E-state index contributed by atoms with van der Waals surface area (Å²) in [7, 11) is 0. The van der Waals surface area contributed by atoms with Gasteiger partial charge >= 0.3 is 0 Å². The normalized spacial score (nSPS) is 25.6. The SMILES string of the molecule is CC1(C(=O)N(Cc2ccccc2N)C2CC2)CCCO1. The van der Waals surface area contributed by atoms with Crippen molar-refractivity contribution in [1.29, 1.82) is 0 Å². The summed E-state index contributed by atoms with van der Waals surface area (Å²) >= 11 is 0. The highest BCUT2D eigenvalue weighted by Gasteiger charge is 2.44. The average molecular weight is 274 g/mol. The van der Waals surface area contributed by atoms with Crippen LogP contribution in [0.15, 0.2) is 24.3 Å². The highest BCUT2D eigenvalue weighted by molar-refractivity contribution is 5.85. The molecule has 1 aliphatic carbocycles. The van der Waals surface area contributed by atoms with Gasteiger partial charge in [0.05, 0.1) is 0 Å². The number of carbonyl (C=O) groups is 1. The summed E-state index contributed by atoms with van der Waals surface area (Å²) in [5, 5.41) is 0. The van der Waals surface area contributed by atoms with Crippen molar-refractivity contribution in [3.63, 3.8) is 0 Å². The summed E-state index contributed by atoms with van der Waals surface area (Å²) in [5.74, 6) is 0.126. The number of rotatable bonds is 4. The first-order chi connectivity index (χ1) is 9.60. The van der Waals surface area contributed by atoms with Crippen LogP contribution >= 0.6 is 0 Å². The first-order valence-corrected chi connectivity index (χ1v) is 7.38. The minimum atomic E-state index is -0.633. The van der Waals surface area contributed by atoms with Crippen molar-refractivity contribution in [2.75, 3.05) is 12.3 Å². The predicted octanol–water partition coefficient (Wildman–Crippen LogP) is 2.33. The van der Waals surface area contributed by atoms with E-state index < -0.39 is 5.60 Å². The van der Waals surface area contributed by atoms with Crippen LogP contribution in [0.4, 0.5) is 5.69 Å². The number of para-hydroxylation sites is 1. The number of carbonyl (C=O) groups excluding carboxylic acids is 1. The summed E-state index contributed by atoms with van der Waals surface area (Å²) in [5.41, 5.74) is 7.15. The topological polar surface area (TPSA) is 55.6 Å². The van der Waals surface area contributed by atoms with Crippen molar-refractivity contribution in [3.05, 3.63) is 29.8 Å². The fraction of sp³-hybridized carbons (Fsp3) is 0.562. The van der Waals surface area contributed by atoms with Gasteiger partial charge in [-0.2, -0.15) is 0 Å². The summed E-state index contributed by atoms with van der Waals surface area (Å²) in [6, 6.07) is 8.13. The molecule has 1 unspecified atom stereocenters. The van der Waals surface area contributed by atoms with Gasteiger partial charge in [0.25, 0.3) is 5.91 Å². The Labute approximate surface area is 119 Å². The van der Waals surface area contributed by atoms with Crippen LogP contribution in [0.3, 0.4) is 0 Å². The van der Waals surface area contributed by atoms with Gasteiger partial charge in [-0.1, -0.05) is 18.2 Å². The Kier molecular flexibility index (Phi) is 3.42. The molecular weight excluding hydrogens is 252 g/mol. The Morgan fingerprint density at radius 3 is 2.80 bits per heavy atom. The Balaban J connectivity index is 1.79. The molecule has 1 aliphatic heterocycles. The van der Waals surface area contributed by atoms with Gasteiger partial charge in [-0.05, 0) is 44.2 Å². The van der Waals surface area contributed by atoms with Gasteiger partial charge in [0.2, 0.25) is 0 Å². The molecule has 1 aromatic rings. The van der Waals surface area contributed by atoms with Crippen molar-refractivity contribution in [2.45, 2.75) is 50.8 Å². The van der Waals surface area contributed by atoms with E-state index in [1.165, 1.54) is 0 Å². The van der Waals surface area contributed by atoms with E-state index in [-0.39, 0.29) is 5.91 Å². The number of anilines is 1. The summed E-state index contributed by atoms with van der Waals surface area (Å²) < 4.78 is 5.71. The minimum absolute atomic E-state index is 0.126. The van der Waals surface area contributed by atoms with E-state index in [2.05, 4.69) is 0 Å². The third kappa shape index (κ3) is 2.52. The zero-order valence-electron chi connectivity index (χ0n) is 12.0. The van der Waals surface area contributed by atoms with Gasteiger partial charge in [-0.25, -0.2) is 0 Å². The lowest BCUT2D eigenvalue weighted by Gasteiger charge is -2.31. The lowest BCUT2D eigenvalue weighted by atomic mass is 10.00. The van der Waals surface area contributed by atoms with Crippen molar-refractivity contribution in [2.24, 2.45) is 0 Å². The molecule has 0 spiro atoms. The molecule has 1 heterocycles. The van der Waals surface area contributed by atoms with Gasteiger partial charge in [-0.15, -0.1) is 0 Å². The molecule has 0 bridgehead atoms. The third-order valence-corrected chi connectivity index (χ3v) is 4.32. The molecular formula is C16H22N2O2. The van der Waals surface area contributed by atoms with Crippen LogP contribution in [0, 0.1) is 0 Å². The second-order valence-electron chi connectivity index (χ2n) is 6.05. The highest BCUT2D eigenvalue weighted by atomic mass is 16.5. The number of hydrogen-bond acceptors (Lipinski definition) is 3. The van der Waals surface area contributed by atoms with Gasteiger partial charge < -0.3 is 15.4 Å². The quantitative estimate of drug-likeness (QED) is 0.857. The second-order valence-corrected chi connectivity index (χ2v) is 6.05. The van der Waals surface area contributed by atoms with E-state index in [0.29, 0.717) is 19.2 Å².